The highest BCUT2D eigenvalue weighted by molar-refractivity contribution is 7.07. The molecule has 7 heteroatoms. The molecule has 2 aromatic rings. The van der Waals surface area contributed by atoms with Gasteiger partial charge in [-0.05, 0) is 32.9 Å². The first-order chi connectivity index (χ1) is 11.5. The van der Waals surface area contributed by atoms with Crippen LogP contribution >= 0.6 is 11.3 Å². The Morgan fingerprint density at radius 1 is 1.25 bits per heavy atom. The highest BCUT2D eigenvalue weighted by Crippen LogP contribution is 2.29. The summed E-state index contributed by atoms with van der Waals surface area (Å²) in [6, 6.07) is 5.32. The van der Waals surface area contributed by atoms with E-state index in [-0.39, 0.29) is 17.2 Å². The van der Waals surface area contributed by atoms with Gasteiger partial charge >= 0.3 is 4.87 Å². The van der Waals surface area contributed by atoms with Crippen LogP contribution in [0.4, 0.5) is 5.69 Å². The fourth-order valence-corrected chi connectivity index (χ4v) is 3.01. The largest absolute Gasteiger partial charge is 0.494 e. The first-order valence-electron chi connectivity index (χ1n) is 7.89. The fourth-order valence-electron chi connectivity index (χ4n) is 2.25. The molecule has 2 rings (SSSR count). The van der Waals surface area contributed by atoms with Gasteiger partial charge in [-0.15, -0.1) is 0 Å². The molecule has 0 aliphatic carbocycles. The molecule has 0 fully saturated rings. The molecule has 0 saturated carbocycles. The minimum Gasteiger partial charge on any atom is -0.494 e. The van der Waals surface area contributed by atoms with Gasteiger partial charge in [-0.25, -0.2) is 0 Å². The summed E-state index contributed by atoms with van der Waals surface area (Å²) in [7, 11) is 0. The Kier molecular flexibility index (Phi) is 6.43. The monoisotopic (exact) mass is 350 g/mol. The van der Waals surface area contributed by atoms with Gasteiger partial charge in [0.05, 0.1) is 18.9 Å². The lowest BCUT2D eigenvalue weighted by atomic mass is 10.2. The Hall–Kier alpha value is -2.28. The molecule has 0 unspecified atom stereocenters. The fraction of sp³-hybridized carbons (Fsp3) is 0.412. The zero-order chi connectivity index (χ0) is 17.5. The first-order valence-corrected chi connectivity index (χ1v) is 8.77. The molecule has 0 spiro atoms. The minimum absolute atomic E-state index is 0.0475. The SMILES string of the molecule is CCOc1ccc(OCC)c(NC(=O)CCn2c(C)csc2=O)c1. The van der Waals surface area contributed by atoms with E-state index in [0.29, 0.717) is 36.9 Å². The Morgan fingerprint density at radius 2 is 2.00 bits per heavy atom. The van der Waals surface area contributed by atoms with E-state index in [0.717, 1.165) is 17.0 Å². The molecular formula is C17H22N2O4S. The molecular weight excluding hydrogens is 328 g/mol. The van der Waals surface area contributed by atoms with E-state index < -0.39 is 0 Å². The van der Waals surface area contributed by atoms with Crippen molar-refractivity contribution < 1.29 is 14.3 Å². The van der Waals surface area contributed by atoms with Crippen molar-refractivity contribution in [3.05, 3.63) is 38.9 Å². The van der Waals surface area contributed by atoms with E-state index in [4.69, 9.17) is 9.47 Å². The second-order valence-electron chi connectivity index (χ2n) is 5.12. The summed E-state index contributed by atoms with van der Waals surface area (Å²) in [6.45, 7) is 7.04. The van der Waals surface area contributed by atoms with E-state index in [2.05, 4.69) is 5.32 Å². The first kappa shape index (κ1) is 18.1. The number of carbonyl (C=O) groups excluding carboxylic acids is 1. The molecule has 1 heterocycles. The van der Waals surface area contributed by atoms with Crippen molar-refractivity contribution in [3.63, 3.8) is 0 Å². The number of thiazole rings is 1. The third-order valence-corrected chi connectivity index (χ3v) is 4.26. The zero-order valence-corrected chi connectivity index (χ0v) is 14.9. The summed E-state index contributed by atoms with van der Waals surface area (Å²) in [5, 5.41) is 4.63. The van der Waals surface area contributed by atoms with Crippen LogP contribution in [0.25, 0.3) is 0 Å². The number of hydrogen-bond acceptors (Lipinski definition) is 5. The van der Waals surface area contributed by atoms with Crippen LogP contribution in [0.15, 0.2) is 28.4 Å². The van der Waals surface area contributed by atoms with Crippen molar-refractivity contribution in [3.8, 4) is 11.5 Å². The molecule has 0 saturated heterocycles. The van der Waals surface area contributed by atoms with E-state index in [1.807, 2.05) is 20.8 Å². The van der Waals surface area contributed by atoms with Gasteiger partial charge in [0.25, 0.3) is 0 Å². The quantitative estimate of drug-likeness (QED) is 0.794. The molecule has 1 amide bonds. The maximum atomic E-state index is 12.2. The minimum atomic E-state index is -0.179. The van der Waals surface area contributed by atoms with Crippen molar-refractivity contribution in [2.24, 2.45) is 0 Å². The molecule has 0 aliphatic heterocycles. The number of benzene rings is 1. The lowest BCUT2D eigenvalue weighted by Gasteiger charge is -2.13. The van der Waals surface area contributed by atoms with Crippen LogP contribution in [0, 0.1) is 6.92 Å². The van der Waals surface area contributed by atoms with Gasteiger partial charge in [-0.3, -0.25) is 9.59 Å². The number of aromatic nitrogens is 1. The maximum absolute atomic E-state index is 12.2. The molecule has 130 valence electrons. The number of ether oxygens (including phenoxy) is 2. The number of amides is 1. The van der Waals surface area contributed by atoms with Gasteiger partial charge < -0.3 is 19.4 Å². The van der Waals surface area contributed by atoms with Gasteiger partial charge in [0.15, 0.2) is 0 Å². The number of nitrogens with zero attached hydrogens (tertiary/aromatic N) is 1. The normalized spacial score (nSPS) is 10.5. The summed E-state index contributed by atoms with van der Waals surface area (Å²) in [5.74, 6) is 1.08. The molecule has 1 aromatic carbocycles. The standard InChI is InChI=1S/C17H22N2O4S/c1-4-22-13-6-7-15(23-5-2)14(10-13)18-16(20)8-9-19-12(3)11-24-17(19)21/h6-7,10-11H,4-5,8-9H2,1-3H3,(H,18,20). The average molecular weight is 350 g/mol. The van der Waals surface area contributed by atoms with Crippen LogP contribution in [0.2, 0.25) is 0 Å². The molecule has 24 heavy (non-hydrogen) atoms. The Balaban J connectivity index is 2.06. The molecule has 0 bridgehead atoms. The van der Waals surface area contributed by atoms with E-state index in [1.165, 1.54) is 0 Å². The van der Waals surface area contributed by atoms with Gasteiger partial charge in [-0.2, -0.15) is 0 Å². The molecule has 6 nitrogen and oxygen atoms in total. The highest BCUT2D eigenvalue weighted by Gasteiger charge is 2.11. The summed E-state index contributed by atoms with van der Waals surface area (Å²) in [6.07, 6.45) is 0.210. The number of carbonyl (C=O) groups is 1. The predicted molar refractivity (Wildman–Crippen MR) is 95.3 cm³/mol. The van der Waals surface area contributed by atoms with Gasteiger partial charge in [0.1, 0.15) is 11.5 Å². The summed E-state index contributed by atoms with van der Waals surface area (Å²) < 4.78 is 12.6. The van der Waals surface area contributed by atoms with Gasteiger partial charge in [0.2, 0.25) is 5.91 Å². The highest BCUT2D eigenvalue weighted by atomic mass is 32.1. The Bertz CT molecular complexity index is 751. The molecule has 0 radical (unpaired) electrons. The number of anilines is 1. The van der Waals surface area contributed by atoms with Crippen LogP contribution in [-0.2, 0) is 11.3 Å². The lowest BCUT2D eigenvalue weighted by molar-refractivity contribution is -0.116. The Morgan fingerprint density at radius 3 is 2.62 bits per heavy atom. The maximum Gasteiger partial charge on any atom is 0.307 e. The predicted octanol–water partition coefficient (Wildman–Crippen LogP) is 3.04. The van der Waals surface area contributed by atoms with E-state index >= 15 is 0 Å². The van der Waals surface area contributed by atoms with E-state index in [1.54, 1.807) is 28.1 Å². The van der Waals surface area contributed by atoms with Crippen LogP contribution in [-0.4, -0.2) is 23.7 Å². The third-order valence-electron chi connectivity index (χ3n) is 3.37. The molecule has 0 atom stereocenters. The summed E-state index contributed by atoms with van der Waals surface area (Å²) in [4.78, 5) is 23.9. The van der Waals surface area contributed by atoms with Gasteiger partial charge in [0, 0.05) is 30.1 Å². The van der Waals surface area contributed by atoms with Crippen molar-refractivity contribution in [2.75, 3.05) is 18.5 Å². The molecule has 0 aliphatic rings. The zero-order valence-electron chi connectivity index (χ0n) is 14.1. The van der Waals surface area contributed by atoms with Crippen molar-refractivity contribution >= 4 is 22.9 Å². The van der Waals surface area contributed by atoms with Crippen LogP contribution < -0.4 is 19.7 Å². The van der Waals surface area contributed by atoms with Crippen molar-refractivity contribution in [1.82, 2.24) is 4.57 Å². The molecule has 1 aromatic heterocycles. The van der Waals surface area contributed by atoms with Crippen LogP contribution in [0.1, 0.15) is 26.0 Å². The summed E-state index contributed by atoms with van der Waals surface area (Å²) >= 11 is 1.14. The van der Waals surface area contributed by atoms with Crippen LogP contribution in [0.3, 0.4) is 0 Å². The smallest absolute Gasteiger partial charge is 0.307 e. The summed E-state index contributed by atoms with van der Waals surface area (Å²) in [5.41, 5.74) is 1.44. The number of nitrogens with one attached hydrogen (secondary N) is 1. The third kappa shape index (κ3) is 4.61. The average Bonchev–Trinajstić information content (AvgIpc) is 2.87. The van der Waals surface area contributed by atoms with Crippen molar-refractivity contribution in [2.45, 2.75) is 33.7 Å². The van der Waals surface area contributed by atoms with Crippen molar-refractivity contribution in [1.29, 1.82) is 0 Å². The second-order valence-corrected chi connectivity index (χ2v) is 5.94. The Labute approximate surface area is 145 Å². The van der Waals surface area contributed by atoms with Gasteiger partial charge in [-0.1, -0.05) is 11.3 Å². The number of aryl methyl sites for hydroxylation is 1. The topological polar surface area (TPSA) is 69.6 Å². The molecule has 1 N–H and O–H groups in total. The second kappa shape index (κ2) is 8.54. The lowest BCUT2D eigenvalue weighted by Crippen LogP contribution is -2.20. The van der Waals surface area contributed by atoms with Crippen LogP contribution in [0.5, 0.6) is 11.5 Å². The number of rotatable bonds is 8. The van der Waals surface area contributed by atoms with E-state index in [9.17, 15) is 9.59 Å². The number of hydrogen-bond donors (Lipinski definition) is 1.